The van der Waals surface area contributed by atoms with E-state index < -0.39 is 0 Å². The molecule has 2 aliphatic rings. The van der Waals surface area contributed by atoms with E-state index in [-0.39, 0.29) is 6.10 Å². The minimum absolute atomic E-state index is 0.125. The van der Waals surface area contributed by atoms with Gasteiger partial charge in [0.2, 0.25) is 0 Å². The highest BCUT2D eigenvalue weighted by atomic mass is 16.3. The molecule has 92 valence electrons. The molecule has 0 radical (unpaired) electrons. The molecule has 0 saturated carbocycles. The lowest BCUT2D eigenvalue weighted by Gasteiger charge is -2.31. The third-order valence-electron chi connectivity index (χ3n) is 3.97. The Kier molecular flexibility index (Phi) is 3.14. The van der Waals surface area contributed by atoms with Gasteiger partial charge in [0.15, 0.2) is 0 Å². The van der Waals surface area contributed by atoms with E-state index in [0.29, 0.717) is 5.92 Å². The first-order chi connectivity index (χ1) is 8.33. The molecule has 0 spiro atoms. The van der Waals surface area contributed by atoms with Crippen LogP contribution >= 0.6 is 0 Å². The van der Waals surface area contributed by atoms with E-state index in [0.717, 1.165) is 39.1 Å². The van der Waals surface area contributed by atoms with Crippen LogP contribution in [0.3, 0.4) is 0 Å². The fourth-order valence-corrected chi connectivity index (χ4v) is 2.96. The average molecular weight is 232 g/mol. The minimum atomic E-state index is -0.125. The highest BCUT2D eigenvalue weighted by Crippen LogP contribution is 2.24. The third kappa shape index (κ3) is 2.37. The Morgan fingerprint density at radius 3 is 2.59 bits per heavy atom. The van der Waals surface area contributed by atoms with Gasteiger partial charge in [0.05, 0.1) is 6.10 Å². The molecular formula is C14H20N2O. The van der Waals surface area contributed by atoms with Crippen LogP contribution in [0.15, 0.2) is 24.3 Å². The third-order valence-corrected chi connectivity index (χ3v) is 3.97. The van der Waals surface area contributed by atoms with Gasteiger partial charge in [-0.25, -0.2) is 0 Å². The number of aliphatic hydroxyl groups is 1. The van der Waals surface area contributed by atoms with Crippen LogP contribution in [0.5, 0.6) is 0 Å². The van der Waals surface area contributed by atoms with Crippen LogP contribution in [-0.2, 0) is 13.1 Å². The van der Waals surface area contributed by atoms with Gasteiger partial charge in [-0.1, -0.05) is 24.3 Å². The van der Waals surface area contributed by atoms with Gasteiger partial charge in [0.25, 0.3) is 0 Å². The van der Waals surface area contributed by atoms with Crippen molar-refractivity contribution in [2.45, 2.75) is 25.6 Å². The van der Waals surface area contributed by atoms with Crippen LogP contribution in [0.1, 0.15) is 17.5 Å². The number of rotatable bonds is 2. The lowest BCUT2D eigenvalue weighted by Crippen LogP contribution is -2.44. The van der Waals surface area contributed by atoms with E-state index in [1.54, 1.807) is 0 Å². The molecule has 2 aliphatic heterocycles. The van der Waals surface area contributed by atoms with Gasteiger partial charge < -0.3 is 10.4 Å². The average Bonchev–Trinajstić information content (AvgIpc) is 2.74. The van der Waals surface area contributed by atoms with Crippen LogP contribution in [0.25, 0.3) is 0 Å². The molecule has 2 unspecified atom stereocenters. The molecule has 17 heavy (non-hydrogen) atoms. The SMILES string of the molecule is OC1CCNCC1CN1Cc2ccccc2C1. The summed E-state index contributed by atoms with van der Waals surface area (Å²) in [5.41, 5.74) is 2.90. The number of nitrogens with zero attached hydrogens (tertiary/aromatic N) is 1. The van der Waals surface area contributed by atoms with E-state index in [2.05, 4.69) is 34.5 Å². The number of aliphatic hydroxyl groups excluding tert-OH is 1. The number of nitrogens with one attached hydrogen (secondary N) is 1. The molecule has 0 aromatic heterocycles. The summed E-state index contributed by atoms with van der Waals surface area (Å²) >= 11 is 0. The Bertz CT molecular complexity index is 369. The lowest BCUT2D eigenvalue weighted by molar-refractivity contribution is 0.0543. The maximum absolute atomic E-state index is 9.98. The summed E-state index contributed by atoms with van der Waals surface area (Å²) in [6.07, 6.45) is 0.769. The highest BCUT2D eigenvalue weighted by Gasteiger charge is 2.27. The number of benzene rings is 1. The molecule has 1 saturated heterocycles. The van der Waals surface area contributed by atoms with Gasteiger partial charge in [0, 0.05) is 32.1 Å². The van der Waals surface area contributed by atoms with Crippen LogP contribution in [0, 0.1) is 5.92 Å². The Morgan fingerprint density at radius 1 is 1.24 bits per heavy atom. The van der Waals surface area contributed by atoms with Crippen molar-refractivity contribution in [2.24, 2.45) is 5.92 Å². The van der Waals surface area contributed by atoms with Crippen LogP contribution < -0.4 is 5.32 Å². The second-order valence-corrected chi connectivity index (χ2v) is 5.26. The fraction of sp³-hybridized carbons (Fsp3) is 0.571. The molecule has 0 amide bonds. The zero-order chi connectivity index (χ0) is 11.7. The molecule has 1 fully saturated rings. The summed E-state index contributed by atoms with van der Waals surface area (Å²) in [5.74, 6) is 0.387. The van der Waals surface area contributed by atoms with Crippen molar-refractivity contribution in [3.8, 4) is 0 Å². The molecule has 3 heteroatoms. The monoisotopic (exact) mass is 232 g/mol. The largest absolute Gasteiger partial charge is 0.393 e. The molecule has 0 bridgehead atoms. The fourth-order valence-electron chi connectivity index (χ4n) is 2.96. The molecule has 0 aliphatic carbocycles. The normalized spacial score (nSPS) is 29.2. The summed E-state index contributed by atoms with van der Waals surface area (Å²) in [6, 6.07) is 8.65. The minimum Gasteiger partial charge on any atom is -0.393 e. The van der Waals surface area contributed by atoms with Crippen LogP contribution in [0.4, 0.5) is 0 Å². The Balaban J connectivity index is 1.61. The molecular weight excluding hydrogens is 212 g/mol. The molecule has 2 N–H and O–H groups in total. The van der Waals surface area contributed by atoms with Crippen molar-refractivity contribution in [3.05, 3.63) is 35.4 Å². The predicted molar refractivity (Wildman–Crippen MR) is 67.5 cm³/mol. The Morgan fingerprint density at radius 2 is 1.94 bits per heavy atom. The predicted octanol–water partition coefficient (Wildman–Crippen LogP) is 0.973. The zero-order valence-corrected chi connectivity index (χ0v) is 10.1. The van der Waals surface area contributed by atoms with Gasteiger partial charge in [-0.15, -0.1) is 0 Å². The molecule has 3 rings (SSSR count). The standard InChI is InChI=1S/C14H20N2O/c17-14-5-6-15-7-13(14)10-16-8-11-3-1-2-4-12(11)9-16/h1-4,13-15,17H,5-10H2. The van der Waals surface area contributed by atoms with Crippen molar-refractivity contribution in [3.63, 3.8) is 0 Å². The van der Waals surface area contributed by atoms with Crippen molar-refractivity contribution >= 4 is 0 Å². The Labute approximate surface area is 102 Å². The number of hydrogen-bond acceptors (Lipinski definition) is 3. The summed E-state index contributed by atoms with van der Waals surface area (Å²) in [5, 5.41) is 13.4. The van der Waals surface area contributed by atoms with Crippen molar-refractivity contribution in [2.75, 3.05) is 19.6 Å². The molecule has 2 heterocycles. The van der Waals surface area contributed by atoms with Gasteiger partial charge in [-0.3, -0.25) is 4.90 Å². The Hall–Kier alpha value is -0.900. The van der Waals surface area contributed by atoms with Crippen molar-refractivity contribution < 1.29 is 5.11 Å². The van der Waals surface area contributed by atoms with Crippen molar-refractivity contribution in [1.82, 2.24) is 10.2 Å². The summed E-state index contributed by atoms with van der Waals surface area (Å²) in [6.45, 7) is 4.99. The first kappa shape index (κ1) is 11.2. The van der Waals surface area contributed by atoms with E-state index in [1.807, 2.05) is 0 Å². The van der Waals surface area contributed by atoms with E-state index in [9.17, 15) is 5.11 Å². The van der Waals surface area contributed by atoms with Gasteiger partial charge >= 0.3 is 0 Å². The first-order valence-electron chi connectivity index (χ1n) is 6.51. The van der Waals surface area contributed by atoms with Gasteiger partial charge in [-0.05, 0) is 24.1 Å². The van der Waals surface area contributed by atoms with Crippen LogP contribution in [-0.4, -0.2) is 35.7 Å². The molecule has 3 nitrogen and oxygen atoms in total. The van der Waals surface area contributed by atoms with E-state index in [4.69, 9.17) is 0 Å². The zero-order valence-electron chi connectivity index (χ0n) is 10.1. The molecule has 1 aromatic rings. The summed E-state index contributed by atoms with van der Waals surface area (Å²) < 4.78 is 0. The van der Waals surface area contributed by atoms with Gasteiger partial charge in [-0.2, -0.15) is 0 Å². The van der Waals surface area contributed by atoms with E-state index >= 15 is 0 Å². The number of piperidine rings is 1. The van der Waals surface area contributed by atoms with Crippen LogP contribution in [0.2, 0.25) is 0 Å². The summed E-state index contributed by atoms with van der Waals surface area (Å²) in [7, 11) is 0. The quantitative estimate of drug-likeness (QED) is 0.797. The number of hydrogen-bond donors (Lipinski definition) is 2. The topological polar surface area (TPSA) is 35.5 Å². The van der Waals surface area contributed by atoms with E-state index in [1.165, 1.54) is 11.1 Å². The maximum Gasteiger partial charge on any atom is 0.0604 e. The molecule has 2 atom stereocenters. The lowest BCUT2D eigenvalue weighted by atomic mass is 9.96. The second-order valence-electron chi connectivity index (χ2n) is 5.26. The van der Waals surface area contributed by atoms with Gasteiger partial charge in [0.1, 0.15) is 0 Å². The first-order valence-corrected chi connectivity index (χ1v) is 6.51. The highest BCUT2D eigenvalue weighted by molar-refractivity contribution is 5.30. The second kappa shape index (κ2) is 4.77. The molecule has 1 aromatic carbocycles. The maximum atomic E-state index is 9.98. The van der Waals surface area contributed by atoms with Crippen molar-refractivity contribution in [1.29, 1.82) is 0 Å². The number of fused-ring (bicyclic) bond motifs is 1. The summed E-state index contributed by atoms with van der Waals surface area (Å²) in [4.78, 5) is 2.45. The smallest absolute Gasteiger partial charge is 0.0604 e.